The van der Waals surface area contributed by atoms with E-state index in [9.17, 15) is 0 Å². The molecule has 1 heteroatoms. The van der Waals surface area contributed by atoms with E-state index >= 15 is 0 Å². The monoisotopic (exact) mass is 199 g/mol. The third-order valence-corrected chi connectivity index (χ3v) is 2.62. The van der Waals surface area contributed by atoms with E-state index in [-0.39, 0.29) is 5.41 Å². The molecule has 2 rings (SSSR count). The van der Waals surface area contributed by atoms with Crippen molar-refractivity contribution in [1.29, 1.82) is 0 Å². The molecule has 0 aliphatic heterocycles. The Labute approximate surface area is 91.2 Å². The minimum Gasteiger partial charge on any atom is -0.252 e. The molecular weight excluding hydrogens is 182 g/mol. The molecule has 0 fully saturated rings. The minimum absolute atomic E-state index is 0.123. The zero-order valence-corrected chi connectivity index (χ0v) is 9.83. The fourth-order valence-electron chi connectivity index (χ4n) is 1.64. The Hall–Kier alpha value is -1.37. The minimum atomic E-state index is 0.123. The van der Waals surface area contributed by atoms with Crippen LogP contribution in [0.2, 0.25) is 0 Å². The van der Waals surface area contributed by atoms with Crippen LogP contribution in [0.1, 0.15) is 32.0 Å². The maximum atomic E-state index is 4.71. The number of nitrogens with zero attached hydrogens (tertiary/aromatic N) is 1. The summed E-state index contributed by atoms with van der Waals surface area (Å²) in [5, 5.41) is 1.22. The SMILES string of the molecule is Cc1ccc2ccc(C(C)(C)C)nc2c1. The highest BCUT2D eigenvalue weighted by molar-refractivity contribution is 5.79. The van der Waals surface area contributed by atoms with Gasteiger partial charge in [-0.2, -0.15) is 0 Å². The first kappa shape index (κ1) is 10.2. The number of fused-ring (bicyclic) bond motifs is 1. The smallest absolute Gasteiger partial charge is 0.0708 e. The van der Waals surface area contributed by atoms with Gasteiger partial charge in [0.25, 0.3) is 0 Å². The van der Waals surface area contributed by atoms with E-state index in [4.69, 9.17) is 4.98 Å². The van der Waals surface area contributed by atoms with Crippen molar-refractivity contribution in [2.45, 2.75) is 33.1 Å². The molecule has 0 aliphatic rings. The van der Waals surface area contributed by atoms with Crippen LogP contribution < -0.4 is 0 Å². The van der Waals surface area contributed by atoms with Crippen LogP contribution in [-0.4, -0.2) is 4.98 Å². The summed E-state index contributed by atoms with van der Waals surface area (Å²) in [6, 6.07) is 10.7. The second-order valence-electron chi connectivity index (χ2n) is 5.14. The fraction of sp³-hybridized carbons (Fsp3) is 0.357. The molecule has 0 bridgehead atoms. The number of pyridine rings is 1. The zero-order chi connectivity index (χ0) is 11.1. The number of benzene rings is 1. The highest BCUT2D eigenvalue weighted by Crippen LogP contribution is 2.23. The van der Waals surface area contributed by atoms with E-state index in [1.165, 1.54) is 10.9 Å². The van der Waals surface area contributed by atoms with Gasteiger partial charge in [0.1, 0.15) is 0 Å². The van der Waals surface area contributed by atoms with Crippen molar-refractivity contribution < 1.29 is 0 Å². The van der Waals surface area contributed by atoms with Crippen molar-refractivity contribution in [3.63, 3.8) is 0 Å². The Balaban J connectivity index is 2.64. The Bertz CT molecular complexity index is 492. The van der Waals surface area contributed by atoms with Gasteiger partial charge >= 0.3 is 0 Å². The molecule has 0 saturated heterocycles. The van der Waals surface area contributed by atoms with Crippen LogP contribution in [0.15, 0.2) is 30.3 Å². The molecular formula is C14H17N. The summed E-state index contributed by atoms with van der Waals surface area (Å²) < 4.78 is 0. The van der Waals surface area contributed by atoms with Crippen LogP contribution in [0.5, 0.6) is 0 Å². The highest BCUT2D eigenvalue weighted by atomic mass is 14.7. The summed E-state index contributed by atoms with van der Waals surface area (Å²) in [6.07, 6.45) is 0. The average Bonchev–Trinajstić information content (AvgIpc) is 2.15. The third kappa shape index (κ3) is 2.01. The lowest BCUT2D eigenvalue weighted by molar-refractivity contribution is 0.571. The lowest BCUT2D eigenvalue weighted by Crippen LogP contribution is -2.13. The van der Waals surface area contributed by atoms with Gasteiger partial charge in [-0.1, -0.05) is 39.0 Å². The van der Waals surface area contributed by atoms with Gasteiger partial charge in [0, 0.05) is 16.5 Å². The van der Waals surface area contributed by atoms with Gasteiger partial charge in [-0.3, -0.25) is 4.98 Å². The van der Waals surface area contributed by atoms with Crippen molar-refractivity contribution in [2.24, 2.45) is 0 Å². The number of aromatic nitrogens is 1. The molecule has 78 valence electrons. The molecule has 0 amide bonds. The van der Waals surface area contributed by atoms with Crippen molar-refractivity contribution in [2.75, 3.05) is 0 Å². The Kier molecular flexibility index (Phi) is 2.26. The van der Waals surface area contributed by atoms with Gasteiger partial charge in [-0.15, -0.1) is 0 Å². The van der Waals surface area contributed by atoms with E-state index in [2.05, 4.69) is 58.0 Å². The molecule has 0 saturated carbocycles. The van der Waals surface area contributed by atoms with E-state index in [1.807, 2.05) is 0 Å². The van der Waals surface area contributed by atoms with Crippen LogP contribution in [-0.2, 0) is 5.41 Å². The average molecular weight is 199 g/mol. The number of hydrogen-bond acceptors (Lipinski definition) is 1. The summed E-state index contributed by atoms with van der Waals surface area (Å²) in [7, 11) is 0. The second-order valence-corrected chi connectivity index (χ2v) is 5.14. The summed E-state index contributed by atoms with van der Waals surface area (Å²) in [5.74, 6) is 0. The Morgan fingerprint density at radius 2 is 1.67 bits per heavy atom. The van der Waals surface area contributed by atoms with E-state index < -0.39 is 0 Å². The summed E-state index contributed by atoms with van der Waals surface area (Å²) >= 11 is 0. The first-order chi connectivity index (χ1) is 6.97. The van der Waals surface area contributed by atoms with Crippen LogP contribution in [0.25, 0.3) is 10.9 Å². The quantitative estimate of drug-likeness (QED) is 0.628. The first-order valence-electron chi connectivity index (χ1n) is 5.35. The molecule has 1 aromatic heterocycles. The first-order valence-corrected chi connectivity index (χ1v) is 5.35. The van der Waals surface area contributed by atoms with Gasteiger partial charge in [0.15, 0.2) is 0 Å². The van der Waals surface area contributed by atoms with E-state index in [1.54, 1.807) is 0 Å². The predicted molar refractivity (Wildman–Crippen MR) is 65.2 cm³/mol. The fourth-order valence-corrected chi connectivity index (χ4v) is 1.64. The third-order valence-electron chi connectivity index (χ3n) is 2.62. The normalized spacial score (nSPS) is 12.0. The second kappa shape index (κ2) is 3.34. The molecule has 0 spiro atoms. The number of hydrogen-bond donors (Lipinski definition) is 0. The Morgan fingerprint density at radius 3 is 2.33 bits per heavy atom. The summed E-state index contributed by atoms with van der Waals surface area (Å²) in [4.78, 5) is 4.71. The molecule has 0 N–H and O–H groups in total. The molecule has 0 unspecified atom stereocenters. The van der Waals surface area contributed by atoms with Crippen molar-refractivity contribution in [3.05, 3.63) is 41.6 Å². The van der Waals surface area contributed by atoms with Gasteiger partial charge in [-0.25, -0.2) is 0 Å². The van der Waals surface area contributed by atoms with Crippen LogP contribution in [0.4, 0.5) is 0 Å². The van der Waals surface area contributed by atoms with E-state index in [0.29, 0.717) is 0 Å². The molecule has 1 heterocycles. The molecule has 0 aliphatic carbocycles. The standard InChI is InChI=1S/C14H17N/c1-10-5-6-11-7-8-13(14(2,3)4)15-12(11)9-10/h5-9H,1-4H3. The van der Waals surface area contributed by atoms with Crippen molar-refractivity contribution >= 4 is 10.9 Å². The molecule has 1 aromatic carbocycles. The number of rotatable bonds is 0. The predicted octanol–water partition coefficient (Wildman–Crippen LogP) is 3.84. The largest absolute Gasteiger partial charge is 0.252 e. The molecule has 0 radical (unpaired) electrons. The van der Waals surface area contributed by atoms with Gasteiger partial charge < -0.3 is 0 Å². The maximum Gasteiger partial charge on any atom is 0.0708 e. The topological polar surface area (TPSA) is 12.9 Å². The summed E-state index contributed by atoms with van der Waals surface area (Å²) in [6.45, 7) is 8.68. The lowest BCUT2D eigenvalue weighted by atomic mass is 9.91. The Morgan fingerprint density at radius 1 is 1.00 bits per heavy atom. The lowest BCUT2D eigenvalue weighted by Gasteiger charge is -2.17. The van der Waals surface area contributed by atoms with Crippen molar-refractivity contribution in [1.82, 2.24) is 4.98 Å². The summed E-state index contributed by atoms with van der Waals surface area (Å²) in [5.41, 5.74) is 3.64. The molecule has 1 nitrogen and oxygen atoms in total. The van der Waals surface area contributed by atoms with Crippen LogP contribution in [0.3, 0.4) is 0 Å². The molecule has 0 atom stereocenters. The number of aryl methyl sites for hydroxylation is 1. The zero-order valence-electron chi connectivity index (χ0n) is 9.83. The van der Waals surface area contributed by atoms with Crippen LogP contribution in [0, 0.1) is 6.92 Å². The van der Waals surface area contributed by atoms with Gasteiger partial charge in [-0.05, 0) is 24.6 Å². The van der Waals surface area contributed by atoms with Gasteiger partial charge in [0.2, 0.25) is 0 Å². The highest BCUT2D eigenvalue weighted by Gasteiger charge is 2.15. The van der Waals surface area contributed by atoms with Gasteiger partial charge in [0.05, 0.1) is 5.52 Å². The van der Waals surface area contributed by atoms with Crippen molar-refractivity contribution in [3.8, 4) is 0 Å². The molecule has 2 aromatic rings. The van der Waals surface area contributed by atoms with Crippen LogP contribution >= 0.6 is 0 Å². The van der Waals surface area contributed by atoms with E-state index in [0.717, 1.165) is 11.2 Å². The maximum absolute atomic E-state index is 4.71. The molecule has 15 heavy (non-hydrogen) atoms.